The second-order valence-corrected chi connectivity index (χ2v) is 7.75. The topological polar surface area (TPSA) is 78.4 Å². The molecule has 156 valence electrons. The van der Waals surface area contributed by atoms with E-state index in [2.05, 4.69) is 15.0 Å². The molecule has 0 aliphatic carbocycles. The number of aromatic nitrogens is 2. The highest BCUT2D eigenvalue weighted by Crippen LogP contribution is 2.30. The van der Waals surface area contributed by atoms with Gasteiger partial charge in [-0.1, -0.05) is 60.1 Å². The Morgan fingerprint density at radius 3 is 2.50 bits per heavy atom. The number of carbonyl (C=O) groups excluding carboxylic acids is 1. The summed E-state index contributed by atoms with van der Waals surface area (Å²) in [5, 5.41) is 0.929. The van der Waals surface area contributed by atoms with Gasteiger partial charge in [-0.25, -0.2) is 9.98 Å². The van der Waals surface area contributed by atoms with E-state index in [1.54, 1.807) is 37.3 Å². The zero-order valence-electron chi connectivity index (χ0n) is 17.0. The Kier molecular flexibility index (Phi) is 4.92. The number of hydrogen-bond donors (Lipinski definition) is 1. The number of nitrogens with one attached hydrogen (secondary N) is 1. The quantitative estimate of drug-likeness (QED) is 0.468. The number of hydrogen-bond acceptors (Lipinski definition) is 4. The van der Waals surface area contributed by atoms with Gasteiger partial charge in [-0.15, -0.1) is 0 Å². The largest absolute Gasteiger partial charge is 0.310 e. The number of nitrogens with zero attached hydrogens (tertiary/aromatic N) is 3. The Labute approximate surface area is 188 Å². The molecule has 0 bridgehead atoms. The average Bonchev–Trinajstić information content (AvgIpc) is 3.12. The first kappa shape index (κ1) is 19.9. The molecule has 1 aliphatic heterocycles. The minimum Gasteiger partial charge on any atom is -0.310 e. The highest BCUT2D eigenvalue weighted by molar-refractivity contribution is 6.34. The zero-order chi connectivity index (χ0) is 22.2. The van der Waals surface area contributed by atoms with Crippen LogP contribution in [0.15, 0.2) is 88.3 Å². The van der Waals surface area contributed by atoms with Gasteiger partial charge in [0.2, 0.25) is 0 Å². The van der Waals surface area contributed by atoms with Crippen molar-refractivity contribution in [2.45, 2.75) is 6.92 Å². The highest BCUT2D eigenvalue weighted by Gasteiger charge is 2.32. The van der Waals surface area contributed by atoms with Gasteiger partial charge in [0.1, 0.15) is 17.4 Å². The molecule has 1 aliphatic rings. The summed E-state index contributed by atoms with van der Waals surface area (Å²) in [6, 6.07) is 21.9. The van der Waals surface area contributed by atoms with E-state index in [9.17, 15) is 9.59 Å². The van der Waals surface area contributed by atoms with E-state index >= 15 is 0 Å². The summed E-state index contributed by atoms with van der Waals surface area (Å²) in [5.41, 5.74) is 2.57. The molecular weight excluding hydrogens is 424 g/mol. The van der Waals surface area contributed by atoms with Crippen LogP contribution in [0.25, 0.3) is 17.0 Å². The first-order chi connectivity index (χ1) is 15.5. The standard InChI is InChI=1S/C25H17ClN4O2/c1-15-27-21-12-11-18(14-19(21)24(31)28-15)30-23(16-7-3-2-4-8-16)29-22(25(30)32)13-17-9-5-6-10-20(17)26/h2-14H,1H3,(H,27,28,31)/b22-13+. The highest BCUT2D eigenvalue weighted by atomic mass is 35.5. The third-order valence-electron chi connectivity index (χ3n) is 5.16. The predicted octanol–water partition coefficient (Wildman–Crippen LogP) is 4.72. The average molecular weight is 441 g/mol. The lowest BCUT2D eigenvalue weighted by Crippen LogP contribution is -2.32. The first-order valence-corrected chi connectivity index (χ1v) is 10.3. The molecule has 6 nitrogen and oxygen atoms in total. The lowest BCUT2D eigenvalue weighted by Gasteiger charge is -2.19. The summed E-state index contributed by atoms with van der Waals surface area (Å²) in [5.74, 6) is 0.702. The van der Waals surface area contributed by atoms with E-state index in [0.717, 1.165) is 5.56 Å². The number of carbonyl (C=O) groups is 1. The van der Waals surface area contributed by atoms with Crippen LogP contribution in [0.3, 0.4) is 0 Å². The van der Waals surface area contributed by atoms with E-state index in [1.807, 2.05) is 48.5 Å². The molecule has 1 N–H and O–H groups in total. The van der Waals surface area contributed by atoms with Crippen molar-refractivity contribution in [2.24, 2.45) is 4.99 Å². The molecule has 2 heterocycles. The number of aromatic amines is 1. The molecule has 0 radical (unpaired) electrons. The maximum Gasteiger partial charge on any atom is 0.282 e. The molecule has 32 heavy (non-hydrogen) atoms. The van der Waals surface area contributed by atoms with Gasteiger partial charge in [0.05, 0.1) is 16.6 Å². The van der Waals surface area contributed by atoms with E-state index in [-0.39, 0.29) is 17.2 Å². The van der Waals surface area contributed by atoms with E-state index < -0.39 is 0 Å². The number of amidine groups is 1. The summed E-state index contributed by atoms with van der Waals surface area (Å²) in [7, 11) is 0. The van der Waals surface area contributed by atoms with Crippen LogP contribution < -0.4 is 10.5 Å². The summed E-state index contributed by atoms with van der Waals surface area (Å²) < 4.78 is 0. The molecule has 1 amide bonds. The number of halogens is 1. The minimum absolute atomic E-state index is 0.257. The maximum atomic E-state index is 13.5. The van der Waals surface area contributed by atoms with Crippen molar-refractivity contribution in [3.8, 4) is 0 Å². The maximum absolute atomic E-state index is 13.5. The molecule has 7 heteroatoms. The molecule has 4 aromatic rings. The molecule has 3 aromatic carbocycles. The van der Waals surface area contributed by atoms with Gasteiger partial charge in [-0.3, -0.25) is 14.5 Å². The Morgan fingerprint density at radius 1 is 0.969 bits per heavy atom. The summed E-state index contributed by atoms with van der Waals surface area (Å²) in [4.78, 5) is 39.2. The molecular formula is C25H17ClN4O2. The number of aliphatic imine (C=N–C) groups is 1. The molecule has 1 aromatic heterocycles. The lowest BCUT2D eigenvalue weighted by atomic mass is 10.1. The van der Waals surface area contributed by atoms with Crippen LogP contribution in [-0.4, -0.2) is 21.7 Å². The number of fused-ring (bicyclic) bond motifs is 1. The van der Waals surface area contributed by atoms with Gasteiger partial charge >= 0.3 is 0 Å². The second kappa shape index (κ2) is 7.90. The third kappa shape index (κ3) is 3.50. The van der Waals surface area contributed by atoms with Gasteiger partial charge in [0.15, 0.2) is 0 Å². The van der Waals surface area contributed by atoms with E-state index in [4.69, 9.17) is 11.6 Å². The summed E-state index contributed by atoms with van der Waals surface area (Å²) in [6.45, 7) is 1.73. The fraction of sp³-hybridized carbons (Fsp3) is 0.0400. The zero-order valence-corrected chi connectivity index (χ0v) is 17.8. The fourth-order valence-electron chi connectivity index (χ4n) is 3.66. The van der Waals surface area contributed by atoms with E-state index in [1.165, 1.54) is 4.90 Å². The molecule has 0 spiro atoms. The number of benzene rings is 3. The normalized spacial score (nSPS) is 14.9. The molecule has 0 unspecified atom stereocenters. The lowest BCUT2D eigenvalue weighted by molar-refractivity contribution is -0.113. The van der Waals surface area contributed by atoms with Crippen molar-refractivity contribution in [1.82, 2.24) is 9.97 Å². The van der Waals surface area contributed by atoms with Gasteiger partial charge in [0, 0.05) is 10.6 Å². The minimum atomic E-state index is -0.306. The van der Waals surface area contributed by atoms with Gasteiger partial charge in [0.25, 0.3) is 11.5 Å². The third-order valence-corrected chi connectivity index (χ3v) is 5.50. The second-order valence-electron chi connectivity index (χ2n) is 7.35. The summed E-state index contributed by atoms with van der Waals surface area (Å²) in [6.07, 6.45) is 1.67. The van der Waals surface area contributed by atoms with E-state index in [0.29, 0.717) is 38.8 Å². The molecule has 5 rings (SSSR count). The van der Waals surface area contributed by atoms with Gasteiger partial charge in [-0.05, 0) is 42.8 Å². The summed E-state index contributed by atoms with van der Waals surface area (Å²) >= 11 is 6.29. The number of anilines is 1. The molecule has 0 fully saturated rings. The van der Waals surface area contributed by atoms with Crippen LogP contribution in [0.4, 0.5) is 5.69 Å². The predicted molar refractivity (Wildman–Crippen MR) is 127 cm³/mol. The van der Waals surface area contributed by atoms with Crippen molar-refractivity contribution in [3.05, 3.63) is 111 Å². The molecule has 0 saturated carbocycles. The van der Waals surface area contributed by atoms with Gasteiger partial charge < -0.3 is 4.98 Å². The number of aryl methyl sites for hydroxylation is 1. The molecule has 0 atom stereocenters. The Balaban J connectivity index is 1.68. The SMILES string of the molecule is Cc1nc2ccc(N3C(=O)/C(=C\c4ccccc4Cl)N=C3c3ccccc3)cc2c(=O)[nH]1. The fourth-order valence-corrected chi connectivity index (χ4v) is 3.85. The number of rotatable bonds is 3. The van der Waals surface area contributed by atoms with Crippen molar-refractivity contribution < 1.29 is 4.79 Å². The monoisotopic (exact) mass is 440 g/mol. The van der Waals surface area contributed by atoms with Crippen molar-refractivity contribution in [3.63, 3.8) is 0 Å². The Bertz CT molecular complexity index is 1490. The van der Waals surface area contributed by atoms with Gasteiger partial charge in [-0.2, -0.15) is 0 Å². The van der Waals surface area contributed by atoms with Crippen LogP contribution in [0.2, 0.25) is 5.02 Å². The Hall–Kier alpha value is -4.03. The smallest absolute Gasteiger partial charge is 0.282 e. The number of H-pyrrole nitrogens is 1. The number of amides is 1. The van der Waals surface area contributed by atoms with Crippen molar-refractivity contribution >= 4 is 46.0 Å². The van der Waals surface area contributed by atoms with Crippen LogP contribution in [0, 0.1) is 6.92 Å². The Morgan fingerprint density at radius 2 is 1.72 bits per heavy atom. The van der Waals surface area contributed by atoms with Crippen LogP contribution in [0.5, 0.6) is 0 Å². The van der Waals surface area contributed by atoms with Crippen LogP contribution in [0.1, 0.15) is 17.0 Å². The van der Waals surface area contributed by atoms with Crippen LogP contribution >= 0.6 is 11.6 Å². The van der Waals surface area contributed by atoms with Crippen LogP contribution in [-0.2, 0) is 4.79 Å². The van der Waals surface area contributed by atoms with Crippen molar-refractivity contribution in [1.29, 1.82) is 0 Å². The molecule has 0 saturated heterocycles. The first-order valence-electron chi connectivity index (χ1n) is 9.97. The van der Waals surface area contributed by atoms with Crippen molar-refractivity contribution in [2.75, 3.05) is 4.90 Å².